The van der Waals surface area contributed by atoms with Crippen molar-refractivity contribution in [2.24, 2.45) is 5.92 Å². The van der Waals surface area contributed by atoms with Crippen LogP contribution in [-0.2, 0) is 0 Å². The number of aryl methyl sites for hydroxylation is 1. The van der Waals surface area contributed by atoms with Crippen molar-refractivity contribution in [3.63, 3.8) is 0 Å². The highest BCUT2D eigenvalue weighted by Crippen LogP contribution is 2.16. The number of benzene rings is 1. The van der Waals surface area contributed by atoms with Crippen LogP contribution < -0.4 is 10.6 Å². The van der Waals surface area contributed by atoms with Crippen LogP contribution in [0.15, 0.2) is 18.2 Å². The summed E-state index contributed by atoms with van der Waals surface area (Å²) in [7, 11) is 0. The van der Waals surface area contributed by atoms with E-state index in [2.05, 4.69) is 10.6 Å². The van der Waals surface area contributed by atoms with E-state index in [0.717, 1.165) is 25.2 Å². The summed E-state index contributed by atoms with van der Waals surface area (Å²) in [5.41, 5.74) is 1.62. The molecule has 1 aromatic carbocycles. The van der Waals surface area contributed by atoms with Crippen LogP contribution >= 0.6 is 11.6 Å². The lowest BCUT2D eigenvalue weighted by atomic mass is 9.99. The number of hydrogen-bond acceptors (Lipinski definition) is 2. The Balaban J connectivity index is 1.88. The molecule has 98 valence electrons. The van der Waals surface area contributed by atoms with E-state index in [0.29, 0.717) is 16.5 Å². The summed E-state index contributed by atoms with van der Waals surface area (Å²) in [6.07, 6.45) is 2.37. The standard InChI is InChI=1S/C14H19ClN2O/c1-10-4-5-12(7-13(10)15)14(18)17-9-11-3-2-6-16-8-11/h4-5,7,11,16H,2-3,6,8-9H2,1H3,(H,17,18). The zero-order chi connectivity index (χ0) is 13.0. The molecule has 0 saturated carbocycles. The molecule has 1 aliphatic heterocycles. The third-order valence-electron chi connectivity index (χ3n) is 3.38. The SMILES string of the molecule is Cc1ccc(C(=O)NCC2CCCNC2)cc1Cl. The first-order valence-electron chi connectivity index (χ1n) is 6.42. The minimum atomic E-state index is -0.0394. The molecule has 0 spiro atoms. The summed E-state index contributed by atoms with van der Waals surface area (Å²) in [4.78, 5) is 12.0. The smallest absolute Gasteiger partial charge is 0.251 e. The zero-order valence-electron chi connectivity index (χ0n) is 10.6. The summed E-state index contributed by atoms with van der Waals surface area (Å²) in [6, 6.07) is 5.42. The van der Waals surface area contributed by atoms with Gasteiger partial charge in [0.25, 0.3) is 5.91 Å². The number of piperidine rings is 1. The van der Waals surface area contributed by atoms with E-state index in [9.17, 15) is 4.79 Å². The van der Waals surface area contributed by atoms with Gasteiger partial charge in [-0.2, -0.15) is 0 Å². The second-order valence-electron chi connectivity index (χ2n) is 4.89. The van der Waals surface area contributed by atoms with Crippen molar-refractivity contribution in [1.29, 1.82) is 0 Å². The van der Waals surface area contributed by atoms with Gasteiger partial charge in [-0.3, -0.25) is 4.79 Å². The maximum atomic E-state index is 12.0. The first kappa shape index (κ1) is 13.4. The van der Waals surface area contributed by atoms with Crippen LogP contribution in [0.3, 0.4) is 0 Å². The Hall–Kier alpha value is -1.06. The topological polar surface area (TPSA) is 41.1 Å². The Bertz CT molecular complexity index is 428. The Labute approximate surface area is 113 Å². The predicted octanol–water partition coefficient (Wildman–Crippen LogP) is 2.38. The summed E-state index contributed by atoms with van der Waals surface area (Å²) in [6.45, 7) is 4.75. The largest absolute Gasteiger partial charge is 0.352 e. The molecule has 1 atom stereocenters. The summed E-state index contributed by atoms with van der Waals surface area (Å²) in [5.74, 6) is 0.506. The van der Waals surface area contributed by atoms with Crippen LogP contribution in [0.4, 0.5) is 0 Å². The van der Waals surface area contributed by atoms with Gasteiger partial charge in [-0.05, 0) is 56.5 Å². The Morgan fingerprint density at radius 2 is 2.39 bits per heavy atom. The third kappa shape index (κ3) is 3.47. The van der Waals surface area contributed by atoms with E-state index in [-0.39, 0.29) is 5.91 Å². The van der Waals surface area contributed by atoms with Crippen molar-refractivity contribution in [2.45, 2.75) is 19.8 Å². The van der Waals surface area contributed by atoms with Gasteiger partial charge in [-0.1, -0.05) is 17.7 Å². The highest BCUT2D eigenvalue weighted by Gasteiger charge is 2.14. The number of halogens is 1. The van der Waals surface area contributed by atoms with Gasteiger partial charge in [0, 0.05) is 17.1 Å². The van der Waals surface area contributed by atoms with Crippen molar-refractivity contribution >= 4 is 17.5 Å². The molecule has 1 aliphatic rings. The number of carbonyl (C=O) groups excluding carboxylic acids is 1. The summed E-state index contributed by atoms with van der Waals surface area (Å²) >= 11 is 6.02. The molecule has 0 bridgehead atoms. The van der Waals surface area contributed by atoms with Gasteiger partial charge < -0.3 is 10.6 Å². The highest BCUT2D eigenvalue weighted by molar-refractivity contribution is 6.31. The van der Waals surface area contributed by atoms with E-state index in [1.54, 1.807) is 6.07 Å². The minimum Gasteiger partial charge on any atom is -0.352 e. The van der Waals surface area contributed by atoms with E-state index in [4.69, 9.17) is 11.6 Å². The first-order valence-corrected chi connectivity index (χ1v) is 6.79. The second kappa shape index (κ2) is 6.21. The number of hydrogen-bond donors (Lipinski definition) is 2. The molecular formula is C14H19ClN2O. The average molecular weight is 267 g/mol. The molecule has 2 N–H and O–H groups in total. The lowest BCUT2D eigenvalue weighted by Crippen LogP contribution is -2.38. The van der Waals surface area contributed by atoms with Crippen LogP contribution in [0.25, 0.3) is 0 Å². The van der Waals surface area contributed by atoms with Gasteiger partial charge in [-0.25, -0.2) is 0 Å². The van der Waals surface area contributed by atoms with Crippen molar-refractivity contribution in [3.8, 4) is 0 Å². The Morgan fingerprint density at radius 3 is 3.06 bits per heavy atom. The van der Waals surface area contributed by atoms with Crippen LogP contribution in [0, 0.1) is 12.8 Å². The molecule has 0 aliphatic carbocycles. The molecule has 1 heterocycles. The minimum absolute atomic E-state index is 0.0394. The molecule has 4 heteroatoms. The van der Waals surface area contributed by atoms with Crippen LogP contribution in [-0.4, -0.2) is 25.5 Å². The zero-order valence-corrected chi connectivity index (χ0v) is 11.4. The Morgan fingerprint density at radius 1 is 1.56 bits per heavy atom. The monoisotopic (exact) mass is 266 g/mol. The molecular weight excluding hydrogens is 248 g/mol. The molecule has 1 aromatic rings. The predicted molar refractivity (Wildman–Crippen MR) is 74.1 cm³/mol. The molecule has 2 rings (SSSR count). The van der Waals surface area contributed by atoms with Gasteiger partial charge >= 0.3 is 0 Å². The van der Waals surface area contributed by atoms with E-state index < -0.39 is 0 Å². The highest BCUT2D eigenvalue weighted by atomic mass is 35.5. The number of carbonyl (C=O) groups is 1. The fraction of sp³-hybridized carbons (Fsp3) is 0.500. The number of nitrogens with one attached hydrogen (secondary N) is 2. The van der Waals surface area contributed by atoms with Gasteiger partial charge in [0.2, 0.25) is 0 Å². The van der Waals surface area contributed by atoms with Crippen molar-refractivity contribution in [1.82, 2.24) is 10.6 Å². The summed E-state index contributed by atoms with van der Waals surface area (Å²) < 4.78 is 0. The van der Waals surface area contributed by atoms with Gasteiger partial charge in [0.15, 0.2) is 0 Å². The number of amides is 1. The first-order chi connectivity index (χ1) is 8.66. The van der Waals surface area contributed by atoms with E-state index >= 15 is 0 Å². The van der Waals surface area contributed by atoms with Crippen LogP contribution in [0.2, 0.25) is 5.02 Å². The van der Waals surface area contributed by atoms with E-state index in [1.807, 2.05) is 19.1 Å². The maximum Gasteiger partial charge on any atom is 0.251 e. The maximum absolute atomic E-state index is 12.0. The molecule has 18 heavy (non-hydrogen) atoms. The lowest BCUT2D eigenvalue weighted by molar-refractivity contribution is 0.0945. The molecule has 1 amide bonds. The average Bonchev–Trinajstić information content (AvgIpc) is 2.40. The molecule has 0 radical (unpaired) electrons. The van der Waals surface area contributed by atoms with Crippen LogP contribution in [0.5, 0.6) is 0 Å². The van der Waals surface area contributed by atoms with Gasteiger partial charge in [-0.15, -0.1) is 0 Å². The number of rotatable bonds is 3. The van der Waals surface area contributed by atoms with Crippen molar-refractivity contribution < 1.29 is 4.79 Å². The van der Waals surface area contributed by atoms with Crippen LogP contribution in [0.1, 0.15) is 28.8 Å². The second-order valence-corrected chi connectivity index (χ2v) is 5.29. The fourth-order valence-corrected chi connectivity index (χ4v) is 2.35. The lowest BCUT2D eigenvalue weighted by Gasteiger charge is -2.22. The third-order valence-corrected chi connectivity index (χ3v) is 3.79. The normalized spacial score (nSPS) is 19.6. The molecule has 1 unspecified atom stereocenters. The molecule has 3 nitrogen and oxygen atoms in total. The van der Waals surface area contributed by atoms with Crippen molar-refractivity contribution in [2.75, 3.05) is 19.6 Å². The molecule has 1 fully saturated rings. The van der Waals surface area contributed by atoms with Gasteiger partial charge in [0.1, 0.15) is 0 Å². The van der Waals surface area contributed by atoms with E-state index in [1.165, 1.54) is 12.8 Å². The Kier molecular flexibility index (Phi) is 4.61. The molecule has 1 saturated heterocycles. The quantitative estimate of drug-likeness (QED) is 0.882. The van der Waals surface area contributed by atoms with Crippen molar-refractivity contribution in [3.05, 3.63) is 34.3 Å². The molecule has 0 aromatic heterocycles. The fourth-order valence-electron chi connectivity index (χ4n) is 2.17. The summed E-state index contributed by atoms with van der Waals surface area (Å²) in [5, 5.41) is 6.96. The van der Waals surface area contributed by atoms with Gasteiger partial charge in [0.05, 0.1) is 0 Å².